The summed E-state index contributed by atoms with van der Waals surface area (Å²) < 4.78 is 5.26. The van der Waals surface area contributed by atoms with Gasteiger partial charge in [-0.1, -0.05) is 0 Å². The van der Waals surface area contributed by atoms with Crippen molar-refractivity contribution in [2.45, 2.75) is 18.9 Å². The summed E-state index contributed by atoms with van der Waals surface area (Å²) in [7, 11) is 1.77. The lowest BCUT2D eigenvalue weighted by atomic mass is 10.1. The van der Waals surface area contributed by atoms with E-state index in [1.54, 1.807) is 11.9 Å². The number of carbonyl (C=O) groups excluding carboxylic acids is 1. The predicted molar refractivity (Wildman–Crippen MR) is 43.7 cm³/mol. The second-order valence-electron chi connectivity index (χ2n) is 2.99. The summed E-state index contributed by atoms with van der Waals surface area (Å²) in [6, 6.07) is 0. The molecule has 4 nitrogen and oxygen atoms in total. The van der Waals surface area contributed by atoms with Gasteiger partial charge in [0.1, 0.15) is 6.10 Å². The largest absolute Gasteiger partial charge is 0.396 e. The molecule has 0 aromatic rings. The van der Waals surface area contributed by atoms with Gasteiger partial charge >= 0.3 is 0 Å². The van der Waals surface area contributed by atoms with Crippen molar-refractivity contribution in [1.82, 2.24) is 4.90 Å². The van der Waals surface area contributed by atoms with E-state index in [0.29, 0.717) is 26.0 Å². The molecule has 1 atom stereocenters. The molecule has 1 aliphatic heterocycles. The molecule has 0 radical (unpaired) electrons. The van der Waals surface area contributed by atoms with Gasteiger partial charge < -0.3 is 14.7 Å². The molecule has 1 aliphatic rings. The lowest BCUT2D eigenvalue weighted by Crippen LogP contribution is -2.45. The minimum absolute atomic E-state index is 0.0368. The first kappa shape index (κ1) is 9.48. The molecular formula is C8H15NO3. The van der Waals surface area contributed by atoms with Crippen molar-refractivity contribution in [1.29, 1.82) is 0 Å². The number of ether oxygens (including phenoxy) is 1. The number of morpholine rings is 1. The average molecular weight is 173 g/mol. The molecule has 1 saturated heterocycles. The molecule has 1 rings (SSSR count). The van der Waals surface area contributed by atoms with Crippen molar-refractivity contribution in [3.8, 4) is 0 Å². The molecule has 1 unspecified atom stereocenters. The SMILES string of the molecule is CN1CCOC(CCCO)C1=O. The third-order valence-corrected chi connectivity index (χ3v) is 2.02. The van der Waals surface area contributed by atoms with Gasteiger partial charge in [0.05, 0.1) is 6.61 Å². The monoisotopic (exact) mass is 173 g/mol. The first-order chi connectivity index (χ1) is 5.75. The number of amides is 1. The number of likely N-dealkylation sites (N-methyl/N-ethyl adjacent to an activating group) is 1. The third kappa shape index (κ3) is 2.19. The van der Waals surface area contributed by atoms with Crippen LogP contribution in [0.15, 0.2) is 0 Å². The van der Waals surface area contributed by atoms with E-state index in [9.17, 15) is 4.79 Å². The van der Waals surface area contributed by atoms with E-state index in [1.165, 1.54) is 0 Å². The maximum atomic E-state index is 11.4. The van der Waals surface area contributed by atoms with Gasteiger partial charge in [-0.2, -0.15) is 0 Å². The number of rotatable bonds is 3. The molecular weight excluding hydrogens is 158 g/mol. The van der Waals surface area contributed by atoms with Gasteiger partial charge in [0.2, 0.25) is 0 Å². The normalized spacial score (nSPS) is 24.7. The summed E-state index contributed by atoms with van der Waals surface area (Å²) in [5.41, 5.74) is 0. The standard InChI is InChI=1S/C8H15NO3/c1-9-4-6-12-7(8(9)11)3-2-5-10/h7,10H,2-6H2,1H3. The molecule has 70 valence electrons. The molecule has 0 aromatic carbocycles. The Hall–Kier alpha value is -0.610. The van der Waals surface area contributed by atoms with Crippen molar-refractivity contribution in [2.24, 2.45) is 0 Å². The highest BCUT2D eigenvalue weighted by Gasteiger charge is 2.26. The maximum Gasteiger partial charge on any atom is 0.251 e. The molecule has 12 heavy (non-hydrogen) atoms. The highest BCUT2D eigenvalue weighted by atomic mass is 16.5. The first-order valence-corrected chi connectivity index (χ1v) is 4.23. The number of hydrogen-bond donors (Lipinski definition) is 1. The summed E-state index contributed by atoms with van der Waals surface area (Å²) in [5, 5.41) is 8.57. The molecule has 1 fully saturated rings. The molecule has 0 spiro atoms. The Labute approximate surface area is 72.1 Å². The lowest BCUT2D eigenvalue weighted by molar-refractivity contribution is -0.151. The predicted octanol–water partition coefficient (Wildman–Crippen LogP) is -0.384. The van der Waals surface area contributed by atoms with Gasteiger partial charge in [-0.15, -0.1) is 0 Å². The quantitative estimate of drug-likeness (QED) is 0.632. The number of carbonyl (C=O) groups is 1. The fraction of sp³-hybridized carbons (Fsp3) is 0.875. The smallest absolute Gasteiger partial charge is 0.251 e. The maximum absolute atomic E-state index is 11.4. The molecule has 0 aromatic heterocycles. The van der Waals surface area contributed by atoms with Crippen LogP contribution in [0.4, 0.5) is 0 Å². The van der Waals surface area contributed by atoms with Gasteiger partial charge in [-0.25, -0.2) is 0 Å². The van der Waals surface area contributed by atoms with Crippen LogP contribution in [-0.4, -0.2) is 48.8 Å². The molecule has 0 aliphatic carbocycles. The minimum atomic E-state index is -0.323. The summed E-state index contributed by atoms with van der Waals surface area (Å²) in [6.07, 6.45) is 0.931. The van der Waals surface area contributed by atoms with Crippen molar-refractivity contribution >= 4 is 5.91 Å². The van der Waals surface area contributed by atoms with E-state index in [0.717, 1.165) is 0 Å². The summed E-state index contributed by atoms with van der Waals surface area (Å²) in [4.78, 5) is 13.0. The van der Waals surface area contributed by atoms with Gasteiger partial charge in [0.25, 0.3) is 5.91 Å². The van der Waals surface area contributed by atoms with Crippen LogP contribution in [0.5, 0.6) is 0 Å². The summed E-state index contributed by atoms with van der Waals surface area (Å²) in [6.45, 7) is 1.41. The highest BCUT2D eigenvalue weighted by molar-refractivity contribution is 5.81. The van der Waals surface area contributed by atoms with Crippen LogP contribution in [0, 0.1) is 0 Å². The van der Waals surface area contributed by atoms with E-state index in [-0.39, 0.29) is 18.6 Å². The Kier molecular flexibility index (Phi) is 3.49. The van der Waals surface area contributed by atoms with Crippen molar-refractivity contribution in [3.63, 3.8) is 0 Å². The van der Waals surface area contributed by atoms with Crippen molar-refractivity contribution in [3.05, 3.63) is 0 Å². The molecule has 1 N–H and O–H groups in total. The molecule has 0 saturated carbocycles. The van der Waals surface area contributed by atoms with Crippen LogP contribution in [0.3, 0.4) is 0 Å². The second kappa shape index (κ2) is 4.42. The number of aliphatic hydroxyl groups excluding tert-OH is 1. The summed E-state index contributed by atoms with van der Waals surface area (Å²) >= 11 is 0. The fourth-order valence-corrected chi connectivity index (χ4v) is 1.24. The van der Waals surface area contributed by atoms with Crippen LogP contribution in [0.1, 0.15) is 12.8 Å². The van der Waals surface area contributed by atoms with E-state index >= 15 is 0 Å². The lowest BCUT2D eigenvalue weighted by Gasteiger charge is -2.29. The van der Waals surface area contributed by atoms with Crippen LogP contribution in [0.2, 0.25) is 0 Å². The Morgan fingerprint density at radius 1 is 1.75 bits per heavy atom. The van der Waals surface area contributed by atoms with Gasteiger partial charge in [0, 0.05) is 20.2 Å². The van der Waals surface area contributed by atoms with Crippen LogP contribution in [-0.2, 0) is 9.53 Å². The fourth-order valence-electron chi connectivity index (χ4n) is 1.24. The molecule has 1 heterocycles. The van der Waals surface area contributed by atoms with E-state index < -0.39 is 0 Å². The topological polar surface area (TPSA) is 49.8 Å². The number of hydrogen-bond acceptors (Lipinski definition) is 3. The zero-order chi connectivity index (χ0) is 8.97. The first-order valence-electron chi connectivity index (χ1n) is 4.23. The van der Waals surface area contributed by atoms with Crippen LogP contribution in [0.25, 0.3) is 0 Å². The summed E-state index contributed by atoms with van der Waals surface area (Å²) in [5.74, 6) is 0.0368. The van der Waals surface area contributed by atoms with E-state index in [4.69, 9.17) is 9.84 Å². The Morgan fingerprint density at radius 2 is 2.50 bits per heavy atom. The van der Waals surface area contributed by atoms with Crippen molar-refractivity contribution in [2.75, 3.05) is 26.8 Å². The zero-order valence-corrected chi connectivity index (χ0v) is 7.32. The van der Waals surface area contributed by atoms with Gasteiger partial charge in [0.15, 0.2) is 0 Å². The highest BCUT2D eigenvalue weighted by Crippen LogP contribution is 2.10. The second-order valence-corrected chi connectivity index (χ2v) is 2.99. The molecule has 0 bridgehead atoms. The van der Waals surface area contributed by atoms with Crippen molar-refractivity contribution < 1.29 is 14.6 Å². The third-order valence-electron chi connectivity index (χ3n) is 2.02. The number of nitrogens with zero attached hydrogens (tertiary/aromatic N) is 1. The van der Waals surface area contributed by atoms with Gasteiger partial charge in [-0.3, -0.25) is 4.79 Å². The minimum Gasteiger partial charge on any atom is -0.396 e. The molecule has 4 heteroatoms. The van der Waals surface area contributed by atoms with E-state index in [1.807, 2.05) is 0 Å². The Balaban J connectivity index is 2.36. The zero-order valence-electron chi connectivity index (χ0n) is 7.32. The average Bonchev–Trinajstić information content (AvgIpc) is 2.08. The van der Waals surface area contributed by atoms with Gasteiger partial charge in [-0.05, 0) is 12.8 Å². The number of aliphatic hydroxyl groups is 1. The Morgan fingerprint density at radius 3 is 3.17 bits per heavy atom. The van der Waals surface area contributed by atoms with Crippen LogP contribution >= 0.6 is 0 Å². The Bertz CT molecular complexity index is 160. The van der Waals surface area contributed by atoms with Crippen LogP contribution < -0.4 is 0 Å². The molecule has 1 amide bonds. The van der Waals surface area contributed by atoms with E-state index in [2.05, 4.69) is 0 Å².